The van der Waals surface area contributed by atoms with Crippen molar-refractivity contribution in [2.45, 2.75) is 4.90 Å². The molecule has 0 saturated carbocycles. The molecule has 0 unspecified atom stereocenters. The lowest BCUT2D eigenvalue weighted by Gasteiger charge is -1.94. The van der Waals surface area contributed by atoms with E-state index in [0.717, 1.165) is 0 Å². The maximum absolute atomic E-state index is 11.0. The van der Waals surface area contributed by atoms with Gasteiger partial charge in [0.2, 0.25) is 10.0 Å². The molecule has 6 heteroatoms. The van der Waals surface area contributed by atoms with E-state index in [-0.39, 0.29) is 4.90 Å². The van der Waals surface area contributed by atoms with Crippen LogP contribution >= 0.6 is 0 Å². The summed E-state index contributed by atoms with van der Waals surface area (Å²) in [6.45, 7) is 0. The van der Waals surface area contributed by atoms with Crippen molar-refractivity contribution in [3.8, 4) is 0 Å². The zero-order valence-corrected chi connectivity index (χ0v) is 7.09. The molecule has 0 aliphatic rings. The van der Waals surface area contributed by atoms with E-state index < -0.39 is 10.0 Å². The zero-order chi connectivity index (χ0) is 8.48. The second-order valence-electron chi connectivity index (χ2n) is 2.06. The molecule has 0 aliphatic heterocycles. The number of aryl methyl sites for hydroxylation is 1. The average Bonchev–Trinajstić information content (AvgIpc) is 2.36. The Morgan fingerprint density at radius 1 is 1.64 bits per heavy atom. The first kappa shape index (κ1) is 8.22. The smallest absolute Gasteiger partial charge is 0.243 e. The van der Waals surface area contributed by atoms with E-state index in [1.165, 1.54) is 24.1 Å². The highest BCUT2D eigenvalue weighted by Crippen LogP contribution is 2.03. The van der Waals surface area contributed by atoms with Crippen LogP contribution < -0.4 is 4.72 Å². The predicted octanol–water partition coefficient (Wildman–Crippen LogP) is -0.672. The molecule has 5 nitrogen and oxygen atoms in total. The zero-order valence-electron chi connectivity index (χ0n) is 6.27. The molecule has 1 N–H and O–H groups in total. The van der Waals surface area contributed by atoms with Gasteiger partial charge in [0.25, 0.3) is 0 Å². The molecule has 62 valence electrons. The molecule has 1 aromatic heterocycles. The lowest BCUT2D eigenvalue weighted by atomic mass is 10.7. The van der Waals surface area contributed by atoms with E-state index in [9.17, 15) is 8.42 Å². The first-order valence-corrected chi connectivity index (χ1v) is 4.47. The Kier molecular flexibility index (Phi) is 1.97. The molecule has 0 aliphatic carbocycles. The van der Waals surface area contributed by atoms with E-state index >= 15 is 0 Å². The van der Waals surface area contributed by atoms with Crippen LogP contribution in [0.3, 0.4) is 0 Å². The molecule has 0 aromatic carbocycles. The minimum absolute atomic E-state index is 0.183. The number of aromatic nitrogens is 2. The van der Waals surface area contributed by atoms with Crippen molar-refractivity contribution in [3.63, 3.8) is 0 Å². The number of rotatable bonds is 2. The second-order valence-corrected chi connectivity index (χ2v) is 3.94. The number of hydrogen-bond donors (Lipinski definition) is 1. The van der Waals surface area contributed by atoms with Crippen molar-refractivity contribution in [2.75, 3.05) is 7.05 Å². The summed E-state index contributed by atoms with van der Waals surface area (Å²) < 4.78 is 25.7. The molecular formula is C5H9N3O2S. The highest BCUT2D eigenvalue weighted by Gasteiger charge is 2.12. The third-order valence-corrected chi connectivity index (χ3v) is 2.63. The van der Waals surface area contributed by atoms with Gasteiger partial charge in [0.1, 0.15) is 4.90 Å². The first-order valence-electron chi connectivity index (χ1n) is 2.98. The van der Waals surface area contributed by atoms with E-state index in [4.69, 9.17) is 0 Å². The van der Waals surface area contributed by atoms with E-state index in [1.54, 1.807) is 7.05 Å². The minimum Gasteiger partial charge on any atom is -0.274 e. The monoisotopic (exact) mass is 175 g/mol. The molecule has 0 bridgehead atoms. The minimum atomic E-state index is -3.31. The first-order chi connectivity index (χ1) is 5.06. The Bertz CT molecular complexity index is 340. The van der Waals surface area contributed by atoms with Crippen LogP contribution in [0, 0.1) is 0 Å². The molecule has 1 heterocycles. The van der Waals surface area contributed by atoms with Gasteiger partial charge in [-0.3, -0.25) is 4.68 Å². The van der Waals surface area contributed by atoms with Gasteiger partial charge in [-0.25, -0.2) is 13.1 Å². The van der Waals surface area contributed by atoms with Crippen LogP contribution in [0.15, 0.2) is 17.3 Å². The van der Waals surface area contributed by atoms with Gasteiger partial charge in [-0.2, -0.15) is 5.10 Å². The maximum atomic E-state index is 11.0. The number of nitrogens with zero attached hydrogens (tertiary/aromatic N) is 2. The second kappa shape index (κ2) is 2.63. The largest absolute Gasteiger partial charge is 0.274 e. The fourth-order valence-electron chi connectivity index (χ4n) is 0.655. The standard InChI is InChI=1S/C5H9N3O2S/c1-6-11(9,10)5-3-7-8(2)4-5/h3-4,6H,1-2H3. The number of hydrogen-bond acceptors (Lipinski definition) is 3. The molecule has 1 rings (SSSR count). The van der Waals surface area contributed by atoms with Gasteiger partial charge in [-0.15, -0.1) is 0 Å². The third kappa shape index (κ3) is 1.58. The van der Waals surface area contributed by atoms with Crippen molar-refractivity contribution >= 4 is 10.0 Å². The van der Waals surface area contributed by atoms with Crippen molar-refractivity contribution in [1.82, 2.24) is 14.5 Å². The Morgan fingerprint density at radius 3 is 2.64 bits per heavy atom. The molecule has 0 amide bonds. The van der Waals surface area contributed by atoms with Crippen LogP contribution in [0.2, 0.25) is 0 Å². The van der Waals surface area contributed by atoms with Crippen molar-refractivity contribution in [1.29, 1.82) is 0 Å². The number of nitrogens with one attached hydrogen (secondary N) is 1. The highest BCUT2D eigenvalue weighted by atomic mass is 32.2. The quantitative estimate of drug-likeness (QED) is 0.648. The van der Waals surface area contributed by atoms with Gasteiger partial charge in [-0.05, 0) is 7.05 Å². The Labute approximate surface area is 65.1 Å². The normalized spacial score (nSPS) is 11.8. The summed E-state index contributed by atoms with van der Waals surface area (Å²) in [5, 5.41) is 3.73. The van der Waals surface area contributed by atoms with Crippen molar-refractivity contribution in [3.05, 3.63) is 12.4 Å². The van der Waals surface area contributed by atoms with Crippen LogP contribution in [0.1, 0.15) is 0 Å². The fraction of sp³-hybridized carbons (Fsp3) is 0.400. The van der Waals surface area contributed by atoms with Gasteiger partial charge in [0.05, 0.1) is 6.20 Å². The van der Waals surface area contributed by atoms with Crippen LogP contribution in [0.5, 0.6) is 0 Å². The van der Waals surface area contributed by atoms with Crippen molar-refractivity contribution < 1.29 is 8.42 Å². The highest BCUT2D eigenvalue weighted by molar-refractivity contribution is 7.89. The molecule has 0 atom stereocenters. The Morgan fingerprint density at radius 2 is 2.27 bits per heavy atom. The molecule has 1 aromatic rings. The average molecular weight is 175 g/mol. The molecule has 0 saturated heterocycles. The maximum Gasteiger partial charge on any atom is 0.243 e. The van der Waals surface area contributed by atoms with E-state index in [1.807, 2.05) is 0 Å². The molecule has 0 radical (unpaired) electrons. The van der Waals surface area contributed by atoms with Gasteiger partial charge in [-0.1, -0.05) is 0 Å². The molecule has 0 fully saturated rings. The van der Waals surface area contributed by atoms with Crippen molar-refractivity contribution in [2.24, 2.45) is 7.05 Å². The predicted molar refractivity (Wildman–Crippen MR) is 39.5 cm³/mol. The fourth-order valence-corrected chi connectivity index (χ4v) is 1.37. The summed E-state index contributed by atoms with van der Waals surface area (Å²) in [7, 11) is -0.286. The van der Waals surface area contributed by atoms with Gasteiger partial charge in [0, 0.05) is 13.2 Å². The number of sulfonamides is 1. The lowest BCUT2D eigenvalue weighted by molar-refractivity contribution is 0.588. The summed E-state index contributed by atoms with van der Waals surface area (Å²) in [6, 6.07) is 0. The molecule has 11 heavy (non-hydrogen) atoms. The van der Waals surface area contributed by atoms with Crippen LogP contribution in [-0.4, -0.2) is 25.2 Å². The third-order valence-electron chi connectivity index (χ3n) is 1.26. The van der Waals surface area contributed by atoms with Crippen LogP contribution in [-0.2, 0) is 17.1 Å². The van der Waals surface area contributed by atoms with E-state index in [0.29, 0.717) is 0 Å². The van der Waals surface area contributed by atoms with E-state index in [2.05, 4.69) is 9.82 Å². The summed E-state index contributed by atoms with van der Waals surface area (Å²) in [5.74, 6) is 0. The van der Waals surface area contributed by atoms with Gasteiger partial charge < -0.3 is 0 Å². The SMILES string of the molecule is CNS(=O)(=O)c1cnn(C)c1. The topological polar surface area (TPSA) is 64.0 Å². The van der Waals surface area contributed by atoms with Crippen LogP contribution in [0.4, 0.5) is 0 Å². The Hall–Kier alpha value is -0.880. The summed E-state index contributed by atoms with van der Waals surface area (Å²) >= 11 is 0. The van der Waals surface area contributed by atoms with Crippen LogP contribution in [0.25, 0.3) is 0 Å². The lowest BCUT2D eigenvalue weighted by Crippen LogP contribution is -2.17. The summed E-state index contributed by atoms with van der Waals surface area (Å²) in [4.78, 5) is 0.183. The molecule has 0 spiro atoms. The summed E-state index contributed by atoms with van der Waals surface area (Å²) in [6.07, 6.45) is 2.73. The van der Waals surface area contributed by atoms with Gasteiger partial charge >= 0.3 is 0 Å². The summed E-state index contributed by atoms with van der Waals surface area (Å²) in [5.41, 5.74) is 0. The van der Waals surface area contributed by atoms with Gasteiger partial charge in [0.15, 0.2) is 0 Å². The Balaban J connectivity index is 3.13. The molecular weight excluding hydrogens is 166 g/mol.